The van der Waals surface area contributed by atoms with Gasteiger partial charge in [-0.15, -0.1) is 0 Å². The Hall–Kier alpha value is -3.75. The number of nitrogens with two attached hydrogens (primary N) is 1. The number of aliphatic hydroxyl groups excluding tert-OH is 1. The third-order valence-electron chi connectivity index (χ3n) is 7.26. The van der Waals surface area contributed by atoms with Crippen molar-refractivity contribution >= 4 is 23.6 Å². The van der Waals surface area contributed by atoms with Gasteiger partial charge in [0.15, 0.2) is 6.10 Å². The largest absolute Gasteiger partial charge is 0.439 e. The van der Waals surface area contributed by atoms with Gasteiger partial charge in [-0.2, -0.15) is 13.2 Å². The zero-order chi connectivity index (χ0) is 33.4. The molecular formula is C30H40F3N3O8. The fraction of sp³-hybridized carbons (Fsp3) is 0.533. The number of alkyl halides is 3. The number of methoxy groups -OCH3 is 2. The van der Waals surface area contributed by atoms with Crippen LogP contribution in [0.4, 0.5) is 18.0 Å². The molecule has 11 nitrogen and oxygen atoms in total. The van der Waals surface area contributed by atoms with E-state index in [9.17, 15) is 37.5 Å². The fourth-order valence-electron chi connectivity index (χ4n) is 4.97. The maximum absolute atomic E-state index is 13.4. The molecule has 0 aromatic heterocycles. The summed E-state index contributed by atoms with van der Waals surface area (Å²) in [6, 6.07) is 0. The molecule has 1 aliphatic carbocycles. The van der Waals surface area contributed by atoms with Crippen LogP contribution in [-0.2, 0) is 28.6 Å². The van der Waals surface area contributed by atoms with E-state index in [1.54, 1.807) is 26.8 Å². The molecule has 6 atom stereocenters. The Morgan fingerprint density at radius 2 is 1.82 bits per heavy atom. The molecule has 0 saturated heterocycles. The highest BCUT2D eigenvalue weighted by Crippen LogP contribution is 2.29. The van der Waals surface area contributed by atoms with Gasteiger partial charge in [-0.25, -0.2) is 4.79 Å². The molecule has 0 aromatic rings. The second-order valence-corrected chi connectivity index (χ2v) is 10.9. The van der Waals surface area contributed by atoms with E-state index in [1.165, 1.54) is 39.4 Å². The van der Waals surface area contributed by atoms with Crippen LogP contribution in [0.3, 0.4) is 0 Å². The van der Waals surface area contributed by atoms with Crippen molar-refractivity contribution in [3.05, 3.63) is 58.5 Å². The van der Waals surface area contributed by atoms with Gasteiger partial charge in [-0.05, 0) is 38.2 Å². The minimum absolute atomic E-state index is 0.106. The molecule has 1 heterocycles. The van der Waals surface area contributed by atoms with Crippen molar-refractivity contribution in [3.63, 3.8) is 0 Å². The van der Waals surface area contributed by atoms with Crippen LogP contribution < -0.4 is 16.4 Å². The molecule has 2 aliphatic rings. The van der Waals surface area contributed by atoms with Crippen LogP contribution in [-0.4, -0.2) is 80.0 Å². The molecule has 2 bridgehead atoms. The van der Waals surface area contributed by atoms with Crippen molar-refractivity contribution in [2.24, 2.45) is 17.6 Å². The molecule has 2 amide bonds. The van der Waals surface area contributed by atoms with Gasteiger partial charge < -0.3 is 35.7 Å². The SMILES string of the molecule is COC1/C=C\C=C(/C)C(=O)NC2=CC(=O)C(NCC(F)(F)F)=C(C[C@@H](C)C[C@H](OC)[C@H](O)[C@@H](C)/C=C(\C)[C@@H]1OC(N)=O)C2=O. The highest BCUT2D eigenvalue weighted by molar-refractivity contribution is 6.23. The maximum atomic E-state index is 13.4. The summed E-state index contributed by atoms with van der Waals surface area (Å²) in [4.78, 5) is 51.0. The number of hydrogen-bond donors (Lipinski definition) is 4. The fourth-order valence-corrected chi connectivity index (χ4v) is 4.97. The standard InChI is InChI=1S/C30H40F3N3O8/c1-15-10-19-24(35-14-30(31,32)33)21(37)13-20(26(19)39)36-28(40)16(2)8-7-9-22(42-5)27(44-29(34)41)18(4)12-17(3)25(38)23(11-15)43-6/h7-9,12-13,15,17,22-23,25,27,35,38H,10-11,14H2,1-6H3,(H2,34,41)(H,36,40)/b9-7-,16-8+,18-12+/t15-,17+,22?,23+,25-,27+/m1/s1. The third-order valence-corrected chi connectivity index (χ3v) is 7.26. The zero-order valence-corrected chi connectivity index (χ0v) is 25.5. The molecule has 0 saturated carbocycles. The highest BCUT2D eigenvalue weighted by atomic mass is 19.4. The lowest BCUT2D eigenvalue weighted by Gasteiger charge is -2.30. The van der Waals surface area contributed by atoms with E-state index in [-0.39, 0.29) is 24.0 Å². The molecule has 1 aliphatic heterocycles. The molecule has 14 heteroatoms. The normalized spacial score (nSPS) is 31.2. The minimum Gasteiger partial charge on any atom is -0.439 e. The number of carbonyl (C=O) groups is 4. The Morgan fingerprint density at radius 1 is 1.16 bits per heavy atom. The highest BCUT2D eigenvalue weighted by Gasteiger charge is 2.35. The van der Waals surface area contributed by atoms with E-state index in [4.69, 9.17) is 19.9 Å². The second-order valence-electron chi connectivity index (χ2n) is 10.9. The number of amides is 2. The second kappa shape index (κ2) is 15.8. The molecule has 2 rings (SSSR count). The van der Waals surface area contributed by atoms with E-state index >= 15 is 0 Å². The average Bonchev–Trinajstić information content (AvgIpc) is 2.93. The topological polar surface area (TPSA) is 166 Å². The van der Waals surface area contributed by atoms with Crippen LogP contribution in [0.15, 0.2) is 58.5 Å². The van der Waals surface area contributed by atoms with Gasteiger partial charge in [0.1, 0.15) is 12.6 Å². The summed E-state index contributed by atoms with van der Waals surface area (Å²) in [5, 5.41) is 15.6. The summed E-state index contributed by atoms with van der Waals surface area (Å²) >= 11 is 0. The van der Waals surface area contributed by atoms with Gasteiger partial charge in [-0.3, -0.25) is 14.4 Å². The molecule has 0 spiro atoms. The lowest BCUT2D eigenvalue weighted by atomic mass is 9.85. The predicted octanol–water partition coefficient (Wildman–Crippen LogP) is 2.91. The van der Waals surface area contributed by atoms with Gasteiger partial charge >= 0.3 is 12.3 Å². The van der Waals surface area contributed by atoms with Crippen LogP contribution in [0, 0.1) is 11.8 Å². The number of carbonyl (C=O) groups excluding carboxylic acids is 4. The average molecular weight is 628 g/mol. The summed E-state index contributed by atoms with van der Waals surface area (Å²) in [7, 11) is 2.75. The van der Waals surface area contributed by atoms with E-state index in [2.05, 4.69) is 5.32 Å². The van der Waals surface area contributed by atoms with Crippen LogP contribution in [0.2, 0.25) is 0 Å². The number of primary amides is 1. The van der Waals surface area contributed by atoms with Crippen molar-refractivity contribution in [1.29, 1.82) is 0 Å². The van der Waals surface area contributed by atoms with Crippen LogP contribution in [0.25, 0.3) is 0 Å². The number of nitrogens with one attached hydrogen (secondary N) is 2. The number of ether oxygens (including phenoxy) is 3. The molecule has 5 N–H and O–H groups in total. The van der Waals surface area contributed by atoms with E-state index in [0.717, 1.165) is 6.08 Å². The number of aliphatic hydroxyl groups is 1. The summed E-state index contributed by atoms with van der Waals surface area (Å²) in [6.07, 6.45) is -2.70. The first-order valence-corrected chi connectivity index (χ1v) is 13.9. The summed E-state index contributed by atoms with van der Waals surface area (Å²) in [5.74, 6) is -3.50. The quantitative estimate of drug-likeness (QED) is 0.265. The van der Waals surface area contributed by atoms with Gasteiger partial charge in [0.25, 0.3) is 5.91 Å². The summed E-state index contributed by atoms with van der Waals surface area (Å²) < 4.78 is 55.4. The predicted molar refractivity (Wildman–Crippen MR) is 154 cm³/mol. The number of fused-ring (bicyclic) bond motifs is 2. The number of rotatable bonds is 5. The molecule has 1 unspecified atom stereocenters. The Morgan fingerprint density at radius 3 is 2.39 bits per heavy atom. The number of allylic oxidation sites excluding steroid dienone is 4. The molecular weight excluding hydrogens is 587 g/mol. The Kier molecular flexibility index (Phi) is 13.1. The monoisotopic (exact) mass is 627 g/mol. The van der Waals surface area contributed by atoms with Crippen molar-refractivity contribution in [3.8, 4) is 0 Å². The first-order chi connectivity index (χ1) is 20.5. The Bertz CT molecular complexity index is 1270. The van der Waals surface area contributed by atoms with Crippen molar-refractivity contribution < 1.29 is 51.7 Å². The first kappa shape index (κ1) is 36.4. The third kappa shape index (κ3) is 10.2. The van der Waals surface area contributed by atoms with Gasteiger partial charge in [-0.1, -0.05) is 38.2 Å². The maximum Gasteiger partial charge on any atom is 0.405 e. The molecule has 0 radical (unpaired) electrons. The smallest absolute Gasteiger partial charge is 0.405 e. The van der Waals surface area contributed by atoms with Gasteiger partial charge in [0.2, 0.25) is 11.6 Å². The molecule has 0 fully saturated rings. The number of Topliss-reactive ketones (excluding diaryl/α,β-unsaturated/α-hetero) is 1. The molecule has 0 aromatic carbocycles. The molecule has 44 heavy (non-hydrogen) atoms. The van der Waals surface area contributed by atoms with E-state index in [0.29, 0.717) is 5.57 Å². The Labute approximate surface area is 254 Å². The van der Waals surface area contributed by atoms with Crippen LogP contribution >= 0.6 is 0 Å². The summed E-state index contributed by atoms with van der Waals surface area (Å²) in [5.41, 5.74) is 4.78. The van der Waals surface area contributed by atoms with Crippen molar-refractivity contribution in [2.45, 2.75) is 71.1 Å². The van der Waals surface area contributed by atoms with Crippen molar-refractivity contribution in [1.82, 2.24) is 10.6 Å². The van der Waals surface area contributed by atoms with Crippen LogP contribution in [0.5, 0.6) is 0 Å². The van der Waals surface area contributed by atoms with Crippen LogP contribution in [0.1, 0.15) is 40.5 Å². The van der Waals surface area contributed by atoms with Crippen molar-refractivity contribution in [2.75, 3.05) is 20.8 Å². The lowest BCUT2D eigenvalue weighted by molar-refractivity contribution is -0.125. The minimum atomic E-state index is -4.67. The molecule has 244 valence electrons. The number of ketones is 2. The lowest BCUT2D eigenvalue weighted by Crippen LogP contribution is -2.39. The van der Waals surface area contributed by atoms with Gasteiger partial charge in [0, 0.05) is 37.4 Å². The van der Waals surface area contributed by atoms with Gasteiger partial charge in [0.05, 0.1) is 23.6 Å². The first-order valence-electron chi connectivity index (χ1n) is 13.9. The zero-order valence-electron chi connectivity index (χ0n) is 25.5. The number of halogens is 3. The Balaban J connectivity index is 2.63. The van der Waals surface area contributed by atoms with E-state index in [1.807, 2.05) is 5.32 Å². The van der Waals surface area contributed by atoms with E-state index < -0.39 is 83.9 Å². The summed E-state index contributed by atoms with van der Waals surface area (Å²) in [6.45, 7) is 4.95. The number of hydrogen-bond acceptors (Lipinski definition) is 9.